The van der Waals surface area contributed by atoms with E-state index in [2.05, 4.69) is 5.32 Å². The first kappa shape index (κ1) is 35.1. The maximum Gasteiger partial charge on any atom is 0.408 e. The molecule has 0 aromatic carbocycles. The smallest absolute Gasteiger partial charge is 0.408 e. The number of rotatable bonds is 10. The van der Waals surface area contributed by atoms with Gasteiger partial charge in [-0.15, -0.1) is 0 Å². The van der Waals surface area contributed by atoms with Crippen molar-refractivity contribution in [2.24, 2.45) is 0 Å². The monoisotopic (exact) mass is 591 g/mol. The molecule has 1 N–H and O–H groups in total. The number of methoxy groups -OCH3 is 1. The molecule has 1 heterocycles. The van der Waals surface area contributed by atoms with Gasteiger partial charge in [0.15, 0.2) is 12.2 Å². The lowest BCUT2D eigenvalue weighted by Gasteiger charge is -2.48. The zero-order chi connectivity index (χ0) is 31.7. The van der Waals surface area contributed by atoms with Gasteiger partial charge in [-0.25, -0.2) is 9.59 Å². The fourth-order valence-electron chi connectivity index (χ4n) is 3.94. The molecule has 0 aromatic rings. The molecule has 1 unspecified atom stereocenters. The van der Waals surface area contributed by atoms with Crippen LogP contribution >= 0.6 is 0 Å². The molecule has 1 aliphatic rings. The average molecular weight is 592 g/mol. The molecule has 16 nitrogen and oxygen atoms in total. The fraction of sp³-hybridized carbons (Fsp3) is 0.720. The lowest BCUT2D eigenvalue weighted by atomic mass is 9.88. The van der Waals surface area contributed by atoms with Gasteiger partial charge in [-0.05, 0) is 20.8 Å². The van der Waals surface area contributed by atoms with Crippen molar-refractivity contribution in [3.05, 3.63) is 0 Å². The van der Waals surface area contributed by atoms with Gasteiger partial charge in [-0.2, -0.15) is 0 Å². The Morgan fingerprint density at radius 1 is 0.878 bits per heavy atom. The summed E-state index contributed by atoms with van der Waals surface area (Å²) in [4.78, 5) is 85.8. The van der Waals surface area contributed by atoms with Gasteiger partial charge >= 0.3 is 47.7 Å². The number of amides is 1. The molecule has 0 bridgehead atoms. The quantitative estimate of drug-likeness (QED) is 0.270. The Morgan fingerprint density at radius 3 is 1.90 bits per heavy atom. The predicted molar refractivity (Wildman–Crippen MR) is 132 cm³/mol. The molecular weight excluding hydrogens is 554 g/mol. The first-order valence-corrected chi connectivity index (χ1v) is 12.4. The fourth-order valence-corrected chi connectivity index (χ4v) is 3.94. The number of hydrogen-bond acceptors (Lipinski definition) is 15. The van der Waals surface area contributed by atoms with Gasteiger partial charge in [0.25, 0.3) is 0 Å². The number of hydrogen-bond donors (Lipinski definition) is 1. The number of nitrogens with one attached hydrogen (secondary N) is 1. The molecule has 0 saturated carbocycles. The first-order valence-electron chi connectivity index (χ1n) is 12.4. The van der Waals surface area contributed by atoms with Gasteiger partial charge in [0.05, 0.1) is 19.6 Å². The second-order valence-corrected chi connectivity index (χ2v) is 9.97. The van der Waals surface area contributed by atoms with Crippen LogP contribution in [0.4, 0.5) is 4.79 Å². The molecule has 0 radical (unpaired) electrons. The molecule has 1 amide bonds. The Bertz CT molecular complexity index is 1020. The van der Waals surface area contributed by atoms with Gasteiger partial charge in [-0.1, -0.05) is 0 Å². The third-order valence-corrected chi connectivity index (χ3v) is 5.12. The van der Waals surface area contributed by atoms with Crippen LogP contribution in [0.5, 0.6) is 0 Å². The van der Waals surface area contributed by atoms with E-state index >= 15 is 0 Å². The SMILES string of the molecule is COC(=O)C1(OC(C)=O)C[C@H](OC(C)=O)[C@@H](NC(=O)OC(C)(C)C)[C@H]([C@@H](OC(C)=O)[C@@H](COC(C)=O)OC(C)=O)O1. The molecule has 6 atom stereocenters. The minimum absolute atomic E-state index is 0.678. The second-order valence-electron chi connectivity index (χ2n) is 9.97. The molecule has 232 valence electrons. The van der Waals surface area contributed by atoms with Crippen LogP contribution in [0, 0.1) is 0 Å². The number of alkyl carbamates (subject to hydrolysis) is 1. The standard InChI is InChI=1S/C25H37NO15/c1-12(27)35-11-18(37-14(3)29)20(38-15(4)30)21-19(26-23(33)41-24(6,7)8)17(36-13(2)28)10-25(40-21,22(32)34-9)39-16(5)31/h17-21H,10-11H2,1-9H3,(H,26,33)/t17-,18+,19+,20-,21+,25?/m0/s1. The van der Waals surface area contributed by atoms with E-state index < -0.39 is 96.8 Å². The molecule has 0 spiro atoms. The number of esters is 6. The summed E-state index contributed by atoms with van der Waals surface area (Å²) in [6, 6.07) is -1.50. The molecule has 41 heavy (non-hydrogen) atoms. The summed E-state index contributed by atoms with van der Waals surface area (Å²) < 4.78 is 42.3. The maximum absolute atomic E-state index is 13.0. The van der Waals surface area contributed by atoms with Crippen molar-refractivity contribution in [3.63, 3.8) is 0 Å². The summed E-state index contributed by atoms with van der Waals surface area (Å²) in [6.07, 6.45) is -8.41. The van der Waals surface area contributed by atoms with Crippen LogP contribution in [0.15, 0.2) is 0 Å². The highest BCUT2D eigenvalue weighted by Crippen LogP contribution is 2.37. The minimum Gasteiger partial charge on any atom is -0.464 e. The predicted octanol–water partition coefficient (Wildman–Crippen LogP) is 0.459. The Labute approximate surface area is 236 Å². The highest BCUT2D eigenvalue weighted by Gasteiger charge is 2.60. The van der Waals surface area contributed by atoms with Crippen LogP contribution in [0.2, 0.25) is 0 Å². The van der Waals surface area contributed by atoms with Crippen molar-refractivity contribution >= 4 is 41.9 Å². The van der Waals surface area contributed by atoms with Crippen molar-refractivity contribution in [2.75, 3.05) is 13.7 Å². The highest BCUT2D eigenvalue weighted by atomic mass is 16.8. The molecule has 0 aromatic heterocycles. The number of ether oxygens (including phenoxy) is 8. The van der Waals surface area contributed by atoms with Crippen LogP contribution in [0.25, 0.3) is 0 Å². The summed E-state index contributed by atoms with van der Waals surface area (Å²) in [5.41, 5.74) is -0.996. The Morgan fingerprint density at radius 2 is 1.46 bits per heavy atom. The molecule has 0 aliphatic carbocycles. The molecule has 1 aliphatic heterocycles. The molecule has 1 fully saturated rings. The van der Waals surface area contributed by atoms with Crippen molar-refractivity contribution in [1.82, 2.24) is 5.32 Å². The van der Waals surface area contributed by atoms with E-state index in [-0.39, 0.29) is 0 Å². The van der Waals surface area contributed by atoms with Gasteiger partial charge in [0.2, 0.25) is 0 Å². The summed E-state index contributed by atoms with van der Waals surface area (Å²) in [5.74, 6) is -8.40. The lowest BCUT2D eigenvalue weighted by molar-refractivity contribution is -0.304. The molecular formula is C25H37NO15. The normalized spacial score (nSPS) is 23.5. The Kier molecular flexibility index (Phi) is 12.5. The van der Waals surface area contributed by atoms with Gasteiger partial charge in [-0.3, -0.25) is 24.0 Å². The van der Waals surface area contributed by atoms with Gasteiger partial charge < -0.3 is 43.2 Å². The van der Waals surface area contributed by atoms with Crippen molar-refractivity contribution in [2.45, 2.75) is 104 Å². The number of carbonyl (C=O) groups is 7. The van der Waals surface area contributed by atoms with Gasteiger partial charge in [0.1, 0.15) is 24.4 Å². The first-order chi connectivity index (χ1) is 18.8. The summed E-state index contributed by atoms with van der Waals surface area (Å²) in [7, 11) is 0.962. The van der Waals surface area contributed by atoms with E-state index in [1.807, 2.05) is 0 Å². The maximum atomic E-state index is 13.0. The highest BCUT2D eigenvalue weighted by molar-refractivity contribution is 5.82. The van der Waals surface area contributed by atoms with Crippen LogP contribution in [-0.2, 0) is 66.7 Å². The minimum atomic E-state index is -2.60. The van der Waals surface area contributed by atoms with Crippen molar-refractivity contribution < 1.29 is 71.5 Å². The molecule has 1 saturated heterocycles. The van der Waals surface area contributed by atoms with E-state index in [1.54, 1.807) is 20.8 Å². The Balaban J connectivity index is 3.91. The van der Waals surface area contributed by atoms with E-state index in [0.29, 0.717) is 0 Å². The topological polar surface area (TPSA) is 205 Å². The largest absolute Gasteiger partial charge is 0.464 e. The number of carbonyl (C=O) groups excluding carboxylic acids is 7. The van der Waals surface area contributed by atoms with Gasteiger partial charge in [0, 0.05) is 34.6 Å². The van der Waals surface area contributed by atoms with E-state index in [4.69, 9.17) is 37.9 Å². The third-order valence-electron chi connectivity index (χ3n) is 5.12. The van der Waals surface area contributed by atoms with E-state index in [0.717, 1.165) is 41.7 Å². The zero-order valence-corrected chi connectivity index (χ0v) is 24.4. The van der Waals surface area contributed by atoms with Crippen LogP contribution in [-0.4, -0.2) is 97.5 Å². The van der Waals surface area contributed by atoms with Crippen LogP contribution < -0.4 is 5.32 Å². The van der Waals surface area contributed by atoms with Crippen LogP contribution in [0.3, 0.4) is 0 Å². The van der Waals surface area contributed by atoms with Crippen LogP contribution in [0.1, 0.15) is 61.8 Å². The van der Waals surface area contributed by atoms with E-state index in [1.165, 1.54) is 0 Å². The Hall–Kier alpha value is -3.95. The average Bonchev–Trinajstić information content (AvgIpc) is 2.78. The van der Waals surface area contributed by atoms with Crippen molar-refractivity contribution in [1.29, 1.82) is 0 Å². The molecule has 16 heteroatoms. The molecule has 1 rings (SSSR count). The lowest BCUT2D eigenvalue weighted by Crippen LogP contribution is -2.69. The van der Waals surface area contributed by atoms with E-state index in [9.17, 15) is 33.6 Å². The van der Waals surface area contributed by atoms with Crippen molar-refractivity contribution in [3.8, 4) is 0 Å². The summed E-state index contributed by atoms with van der Waals surface area (Å²) >= 11 is 0. The summed E-state index contributed by atoms with van der Waals surface area (Å²) in [5, 5.41) is 2.46. The zero-order valence-electron chi connectivity index (χ0n) is 24.4. The second kappa shape index (κ2) is 14.6. The third kappa shape index (κ3) is 11.2. The summed E-state index contributed by atoms with van der Waals surface area (Å²) in [6.45, 7) is 9.11.